The van der Waals surface area contributed by atoms with Crippen molar-refractivity contribution in [2.24, 2.45) is 5.92 Å². The molecule has 2 aromatic carbocycles. The summed E-state index contributed by atoms with van der Waals surface area (Å²) >= 11 is 1.08. The number of ether oxygens (including phenoxy) is 3. The van der Waals surface area contributed by atoms with E-state index in [2.05, 4.69) is 6.07 Å². The summed E-state index contributed by atoms with van der Waals surface area (Å²) in [6.07, 6.45) is 1.66. The van der Waals surface area contributed by atoms with Crippen molar-refractivity contribution >= 4 is 34.8 Å². The molecule has 0 amide bonds. The normalized spacial score (nSPS) is 17.5. The zero-order chi connectivity index (χ0) is 25.1. The van der Waals surface area contributed by atoms with Crippen LogP contribution >= 0.6 is 11.3 Å². The highest BCUT2D eigenvalue weighted by atomic mass is 32.1. The molecule has 2 unspecified atom stereocenters. The first-order valence-corrected chi connectivity index (χ1v) is 11.7. The molecule has 1 aliphatic heterocycles. The zero-order valence-corrected chi connectivity index (χ0v) is 20.2. The summed E-state index contributed by atoms with van der Waals surface area (Å²) in [5.41, 5.74) is 0.910. The summed E-state index contributed by atoms with van der Waals surface area (Å²) in [6.45, 7) is 1.80. The minimum Gasteiger partial charge on any atom is -0.496 e. The molecule has 1 N–H and O–H groups in total. The molecule has 0 radical (unpaired) electrons. The number of aromatic nitrogens is 1. The van der Waals surface area contributed by atoms with Gasteiger partial charge in [0, 0.05) is 17.0 Å². The van der Waals surface area contributed by atoms with Gasteiger partial charge in [-0.3, -0.25) is 14.8 Å². The Bertz CT molecular complexity index is 1530. The summed E-state index contributed by atoms with van der Waals surface area (Å²) < 4.78 is 18.0. The quantitative estimate of drug-likeness (QED) is 0.531. The summed E-state index contributed by atoms with van der Waals surface area (Å²) in [7, 11) is 3.04. The van der Waals surface area contributed by atoms with Crippen LogP contribution in [0.4, 0.5) is 0 Å². The predicted octanol–water partition coefficient (Wildman–Crippen LogP) is 2.23. The number of hydrogen-bond acceptors (Lipinski definition) is 8. The van der Waals surface area contributed by atoms with Gasteiger partial charge in [-0.1, -0.05) is 36.4 Å². The Morgan fingerprint density at radius 2 is 1.80 bits per heavy atom. The maximum Gasteiger partial charge on any atom is 0.337 e. The number of thiazole rings is 1. The monoisotopic (exact) mass is 489 g/mol. The molecule has 8 nitrogen and oxygen atoms in total. The summed E-state index contributed by atoms with van der Waals surface area (Å²) in [6, 6.07) is 16.4. The van der Waals surface area contributed by atoms with E-state index >= 15 is 0 Å². The maximum atomic E-state index is 13.4. The van der Waals surface area contributed by atoms with Gasteiger partial charge in [-0.05, 0) is 25.1 Å². The van der Waals surface area contributed by atoms with Gasteiger partial charge in [-0.25, -0.2) is 4.79 Å². The van der Waals surface area contributed by atoms with Gasteiger partial charge in [0.2, 0.25) is 0 Å². The minimum absolute atomic E-state index is 0.117. The van der Waals surface area contributed by atoms with Crippen LogP contribution in [0.1, 0.15) is 24.0 Å². The van der Waals surface area contributed by atoms with E-state index in [4.69, 9.17) is 19.6 Å². The molecule has 2 heterocycles. The first kappa shape index (κ1) is 24.0. The number of hydrogen-bond donors (Lipinski definition) is 1. The second-order valence-electron chi connectivity index (χ2n) is 7.64. The van der Waals surface area contributed by atoms with E-state index in [0.717, 1.165) is 15.9 Å². The number of esters is 1. The van der Waals surface area contributed by atoms with E-state index in [-0.39, 0.29) is 22.7 Å². The van der Waals surface area contributed by atoms with Crippen LogP contribution in [0.2, 0.25) is 0 Å². The van der Waals surface area contributed by atoms with Gasteiger partial charge in [0.25, 0.3) is 5.56 Å². The first-order chi connectivity index (χ1) is 17.0. The Balaban J connectivity index is 2.11. The van der Waals surface area contributed by atoms with Gasteiger partial charge in [0.15, 0.2) is 0 Å². The molecule has 2 atom stereocenters. The largest absolute Gasteiger partial charge is 0.496 e. The van der Waals surface area contributed by atoms with Gasteiger partial charge < -0.3 is 14.2 Å². The van der Waals surface area contributed by atoms with Crippen molar-refractivity contribution in [3.63, 3.8) is 0 Å². The molecule has 0 aliphatic carbocycles. The average molecular weight is 490 g/mol. The van der Waals surface area contributed by atoms with Gasteiger partial charge in [-0.15, -0.1) is 11.3 Å². The van der Waals surface area contributed by atoms with Crippen LogP contribution in [0.5, 0.6) is 11.5 Å². The Morgan fingerprint density at radius 3 is 2.46 bits per heavy atom. The zero-order valence-electron chi connectivity index (χ0n) is 19.4. The van der Waals surface area contributed by atoms with Gasteiger partial charge >= 0.3 is 5.97 Å². The Labute approximate surface area is 205 Å². The average Bonchev–Trinajstić information content (AvgIpc) is 3.19. The molecule has 1 aliphatic rings. The van der Waals surface area contributed by atoms with Crippen molar-refractivity contribution in [1.29, 1.82) is 10.7 Å². The van der Waals surface area contributed by atoms with Crippen molar-refractivity contribution in [3.05, 3.63) is 79.2 Å². The Kier molecular flexibility index (Phi) is 6.85. The molecule has 35 heavy (non-hydrogen) atoms. The highest BCUT2D eigenvalue weighted by Gasteiger charge is 2.42. The molecular weight excluding hydrogens is 466 g/mol. The lowest BCUT2D eigenvalue weighted by atomic mass is 9.78. The topological polar surface area (TPSA) is 114 Å². The van der Waals surface area contributed by atoms with E-state index < -0.39 is 23.4 Å². The molecular formula is C26H23N3O5S. The Hall–Kier alpha value is -4.16. The minimum atomic E-state index is -1.11. The third kappa shape index (κ3) is 4.13. The van der Waals surface area contributed by atoms with Crippen LogP contribution in [-0.4, -0.2) is 37.2 Å². The third-order valence-corrected chi connectivity index (χ3v) is 6.88. The van der Waals surface area contributed by atoms with E-state index in [1.54, 1.807) is 49.4 Å². The van der Waals surface area contributed by atoms with E-state index in [1.165, 1.54) is 14.2 Å². The fraction of sp³-hybridized carbons (Fsp3) is 0.231. The second kappa shape index (κ2) is 9.99. The number of para-hydroxylation sites is 2. The molecule has 4 rings (SSSR count). The van der Waals surface area contributed by atoms with E-state index in [0.29, 0.717) is 27.2 Å². The lowest BCUT2D eigenvalue weighted by Gasteiger charge is -2.29. The number of rotatable bonds is 6. The second-order valence-corrected chi connectivity index (χ2v) is 8.67. The molecule has 178 valence electrons. The third-order valence-electron chi connectivity index (χ3n) is 5.77. The molecule has 0 saturated carbocycles. The molecule has 0 bridgehead atoms. The van der Waals surface area contributed by atoms with Gasteiger partial charge in [0.1, 0.15) is 27.9 Å². The number of nitrogens with one attached hydrogen (secondary N) is 1. The van der Waals surface area contributed by atoms with Crippen molar-refractivity contribution in [2.75, 3.05) is 20.8 Å². The predicted molar refractivity (Wildman–Crippen MR) is 132 cm³/mol. The molecule has 9 heteroatoms. The van der Waals surface area contributed by atoms with Gasteiger partial charge in [0.05, 0.1) is 37.0 Å². The van der Waals surface area contributed by atoms with Crippen molar-refractivity contribution in [1.82, 2.24) is 4.57 Å². The molecule has 3 aromatic rings. The molecule has 1 aromatic heterocycles. The summed E-state index contributed by atoms with van der Waals surface area (Å²) in [5, 5.41) is 18.9. The molecule has 0 spiro atoms. The van der Waals surface area contributed by atoms with E-state index in [9.17, 15) is 14.9 Å². The lowest BCUT2D eigenvalue weighted by molar-refractivity contribution is -0.136. The lowest BCUT2D eigenvalue weighted by Crippen LogP contribution is -2.47. The number of nitriles is 1. The standard InChI is InChI=1S/C26H23N3O5S/c1-4-34-26(31)22-21(16-10-6-8-12-19(16)33-3)17(14-27)23(28)29-24(30)20(35-25(22)29)13-15-9-5-7-11-18(15)32-2/h5-13,17,21,28H,4H2,1-3H3/b20-13-,28-23?. The SMILES string of the molecule is CCOC(=O)C1=c2s/c(=C\c3ccccc3OC)c(=O)n2C(=N)C(C#N)C1c1ccccc1OC. The van der Waals surface area contributed by atoms with E-state index in [1.807, 2.05) is 12.1 Å². The smallest absolute Gasteiger partial charge is 0.337 e. The van der Waals surface area contributed by atoms with Crippen molar-refractivity contribution in [2.45, 2.75) is 12.8 Å². The van der Waals surface area contributed by atoms with Crippen LogP contribution in [0, 0.1) is 22.7 Å². The molecule has 0 saturated heterocycles. The fourth-order valence-corrected chi connectivity index (χ4v) is 5.39. The van der Waals surface area contributed by atoms with Crippen LogP contribution in [0.3, 0.4) is 0 Å². The molecule has 0 fully saturated rings. The van der Waals surface area contributed by atoms with Crippen LogP contribution in [0.15, 0.2) is 53.3 Å². The highest BCUT2D eigenvalue weighted by Crippen LogP contribution is 2.40. The number of fused-ring (bicyclic) bond motifs is 1. The fourth-order valence-electron chi connectivity index (χ4n) is 4.22. The number of carbonyl (C=O) groups excluding carboxylic acids is 1. The van der Waals surface area contributed by atoms with Gasteiger partial charge in [-0.2, -0.15) is 5.26 Å². The summed E-state index contributed by atoms with van der Waals surface area (Å²) in [4.78, 5) is 26.7. The van der Waals surface area contributed by atoms with Crippen molar-refractivity contribution in [3.8, 4) is 17.6 Å². The number of benzene rings is 2. The first-order valence-electron chi connectivity index (χ1n) is 10.9. The highest BCUT2D eigenvalue weighted by molar-refractivity contribution is 7.07. The maximum absolute atomic E-state index is 13.4. The van der Waals surface area contributed by atoms with Crippen LogP contribution in [-0.2, 0) is 9.53 Å². The summed E-state index contributed by atoms with van der Waals surface area (Å²) in [5.74, 6) is -1.75. The number of nitrogens with zero attached hydrogens (tertiary/aromatic N) is 2. The number of carbonyl (C=O) groups is 1. The van der Waals surface area contributed by atoms with Crippen LogP contribution < -0.4 is 24.2 Å². The van der Waals surface area contributed by atoms with Crippen molar-refractivity contribution < 1.29 is 19.0 Å². The Morgan fingerprint density at radius 1 is 1.14 bits per heavy atom. The van der Waals surface area contributed by atoms with Crippen LogP contribution in [0.25, 0.3) is 11.6 Å². The number of methoxy groups -OCH3 is 2.